The van der Waals surface area contributed by atoms with Gasteiger partial charge < -0.3 is 0 Å². The highest BCUT2D eigenvalue weighted by Crippen LogP contribution is 2.21. The fraction of sp³-hybridized carbons (Fsp3) is 0.100. The molecule has 0 aliphatic carbocycles. The second-order valence-corrected chi connectivity index (χ2v) is 3.41. The highest BCUT2D eigenvalue weighted by atomic mass is 35.5. The number of ketones is 1. The van der Waals surface area contributed by atoms with Crippen LogP contribution in [-0.2, 0) is 0 Å². The van der Waals surface area contributed by atoms with Crippen LogP contribution in [0.5, 0.6) is 0 Å². The number of benzene rings is 1. The lowest BCUT2D eigenvalue weighted by Gasteiger charge is -2.01. The van der Waals surface area contributed by atoms with Gasteiger partial charge in [0.05, 0.1) is 5.52 Å². The van der Waals surface area contributed by atoms with E-state index in [-0.39, 0.29) is 16.8 Å². The maximum atomic E-state index is 12.9. The summed E-state index contributed by atoms with van der Waals surface area (Å²) >= 11 is 5.83. The molecule has 0 unspecified atom stereocenters. The highest BCUT2D eigenvalue weighted by Gasteiger charge is 2.09. The van der Waals surface area contributed by atoms with Crippen molar-refractivity contribution < 1.29 is 9.18 Å². The summed E-state index contributed by atoms with van der Waals surface area (Å²) in [6, 6.07) is 3.97. The number of carbonyl (C=O) groups is 1. The summed E-state index contributed by atoms with van der Waals surface area (Å²) in [6.07, 6.45) is 0. The third-order valence-electron chi connectivity index (χ3n) is 1.93. The molecule has 0 aliphatic heterocycles. The van der Waals surface area contributed by atoms with Gasteiger partial charge in [-0.3, -0.25) is 4.79 Å². The van der Waals surface area contributed by atoms with E-state index in [1.54, 1.807) is 0 Å². The first-order valence-electron chi connectivity index (χ1n) is 4.21. The first kappa shape index (κ1) is 9.98. The van der Waals surface area contributed by atoms with E-state index < -0.39 is 5.82 Å². The molecule has 0 aliphatic rings. The van der Waals surface area contributed by atoms with Gasteiger partial charge >= 0.3 is 0 Å². The lowest BCUT2D eigenvalue weighted by Crippen LogP contribution is -2.01. The minimum absolute atomic E-state index is 0.00176. The first-order chi connectivity index (χ1) is 7.08. The normalized spacial score (nSPS) is 10.6. The summed E-state index contributed by atoms with van der Waals surface area (Å²) in [5, 5.41) is 0.688. The van der Waals surface area contributed by atoms with E-state index in [1.807, 2.05) is 0 Å². The van der Waals surface area contributed by atoms with Crippen LogP contribution in [0.15, 0.2) is 18.2 Å². The van der Waals surface area contributed by atoms with Gasteiger partial charge in [0.1, 0.15) is 11.0 Å². The van der Waals surface area contributed by atoms with Crippen LogP contribution in [0.1, 0.15) is 17.5 Å². The van der Waals surface area contributed by atoms with Crippen molar-refractivity contribution in [1.82, 2.24) is 9.97 Å². The minimum Gasteiger partial charge on any atom is -0.291 e. The van der Waals surface area contributed by atoms with Gasteiger partial charge in [-0.2, -0.15) is 0 Å². The zero-order valence-electron chi connectivity index (χ0n) is 7.79. The number of fused-ring (bicyclic) bond motifs is 1. The second kappa shape index (κ2) is 3.55. The molecule has 0 fully saturated rings. The van der Waals surface area contributed by atoms with Crippen LogP contribution in [0.3, 0.4) is 0 Å². The Morgan fingerprint density at radius 2 is 2.13 bits per heavy atom. The molecule has 76 valence electrons. The topological polar surface area (TPSA) is 42.9 Å². The minimum atomic E-state index is -0.424. The summed E-state index contributed by atoms with van der Waals surface area (Å²) in [5.41, 5.74) is 0.334. The summed E-state index contributed by atoms with van der Waals surface area (Å²) < 4.78 is 12.9. The van der Waals surface area contributed by atoms with Crippen molar-refractivity contribution in [3.05, 3.63) is 35.0 Å². The quantitative estimate of drug-likeness (QED) is 0.552. The molecule has 2 rings (SSSR count). The summed E-state index contributed by atoms with van der Waals surface area (Å²) in [5.74, 6) is -0.729. The first-order valence-corrected chi connectivity index (χ1v) is 4.59. The number of hydrogen-bond acceptors (Lipinski definition) is 3. The average molecular weight is 225 g/mol. The predicted molar refractivity (Wildman–Crippen MR) is 54.5 cm³/mol. The Morgan fingerprint density at radius 3 is 2.80 bits per heavy atom. The Labute approximate surface area is 89.9 Å². The van der Waals surface area contributed by atoms with E-state index in [1.165, 1.54) is 25.1 Å². The summed E-state index contributed by atoms with van der Waals surface area (Å²) in [7, 11) is 0. The van der Waals surface area contributed by atoms with E-state index in [0.29, 0.717) is 10.9 Å². The molecule has 0 saturated heterocycles. The van der Waals surface area contributed by atoms with E-state index in [4.69, 9.17) is 11.6 Å². The lowest BCUT2D eigenvalue weighted by atomic mass is 10.2. The largest absolute Gasteiger partial charge is 0.291 e. The fourth-order valence-corrected chi connectivity index (χ4v) is 1.46. The van der Waals surface area contributed by atoms with Gasteiger partial charge in [-0.05, 0) is 12.1 Å². The molecule has 15 heavy (non-hydrogen) atoms. The summed E-state index contributed by atoms with van der Waals surface area (Å²) in [4.78, 5) is 18.8. The van der Waals surface area contributed by atoms with Gasteiger partial charge in [0, 0.05) is 18.4 Å². The molecule has 0 amide bonds. The molecule has 5 heteroatoms. The molecule has 1 aromatic heterocycles. The van der Waals surface area contributed by atoms with Crippen LogP contribution >= 0.6 is 11.6 Å². The van der Waals surface area contributed by atoms with Gasteiger partial charge in [-0.1, -0.05) is 11.6 Å². The third kappa shape index (κ3) is 1.80. The van der Waals surface area contributed by atoms with Crippen LogP contribution in [0.25, 0.3) is 10.9 Å². The van der Waals surface area contributed by atoms with Gasteiger partial charge in [0.15, 0.2) is 11.6 Å². The maximum absolute atomic E-state index is 12.9. The van der Waals surface area contributed by atoms with Crippen molar-refractivity contribution in [3.8, 4) is 0 Å². The molecule has 0 spiro atoms. The van der Waals surface area contributed by atoms with Gasteiger partial charge in [0.2, 0.25) is 0 Å². The average Bonchev–Trinajstić information content (AvgIpc) is 2.16. The van der Waals surface area contributed by atoms with E-state index in [0.717, 1.165) is 0 Å². The monoisotopic (exact) mass is 224 g/mol. The molecule has 0 saturated carbocycles. The Morgan fingerprint density at radius 1 is 1.40 bits per heavy atom. The van der Waals surface area contributed by atoms with Crippen molar-refractivity contribution in [3.63, 3.8) is 0 Å². The predicted octanol–water partition coefficient (Wildman–Crippen LogP) is 2.62. The van der Waals surface area contributed by atoms with E-state index in [9.17, 15) is 9.18 Å². The van der Waals surface area contributed by atoms with Crippen molar-refractivity contribution in [2.75, 3.05) is 0 Å². The number of nitrogens with zero attached hydrogens (tertiary/aromatic N) is 2. The molecular weight excluding hydrogens is 219 g/mol. The SMILES string of the molecule is CC(=O)c1nc(Cl)c2ccc(F)cc2n1. The van der Waals surface area contributed by atoms with Crippen molar-refractivity contribution >= 4 is 28.3 Å². The number of halogens is 2. The molecule has 0 atom stereocenters. The van der Waals surface area contributed by atoms with E-state index in [2.05, 4.69) is 9.97 Å². The van der Waals surface area contributed by atoms with Crippen LogP contribution in [0, 0.1) is 5.82 Å². The summed E-state index contributed by atoms with van der Waals surface area (Å²) in [6.45, 7) is 1.33. The lowest BCUT2D eigenvalue weighted by molar-refractivity contribution is 0.100. The number of rotatable bonds is 1. The molecule has 0 N–H and O–H groups in total. The highest BCUT2D eigenvalue weighted by molar-refractivity contribution is 6.34. The van der Waals surface area contributed by atoms with Crippen LogP contribution in [0.2, 0.25) is 5.15 Å². The number of Topliss-reactive ketones (excluding diaryl/α,β-unsaturated/α-hetero) is 1. The standard InChI is InChI=1S/C10H6ClFN2O/c1-5(15)10-13-8-4-6(12)2-3-7(8)9(11)14-10/h2-4H,1H3. The zero-order valence-corrected chi connectivity index (χ0v) is 8.55. The molecular formula is C10H6ClFN2O. The van der Waals surface area contributed by atoms with Gasteiger partial charge in [-0.15, -0.1) is 0 Å². The number of hydrogen-bond donors (Lipinski definition) is 0. The smallest absolute Gasteiger partial charge is 0.197 e. The Kier molecular flexibility index (Phi) is 2.36. The Bertz CT molecular complexity index is 556. The Hall–Kier alpha value is -1.55. The number of carbonyl (C=O) groups excluding carboxylic acids is 1. The molecule has 1 aromatic carbocycles. The van der Waals surface area contributed by atoms with Gasteiger partial charge in [0.25, 0.3) is 0 Å². The van der Waals surface area contributed by atoms with Crippen molar-refractivity contribution in [2.24, 2.45) is 0 Å². The van der Waals surface area contributed by atoms with Crippen molar-refractivity contribution in [2.45, 2.75) is 6.92 Å². The fourth-order valence-electron chi connectivity index (χ4n) is 1.22. The molecule has 3 nitrogen and oxygen atoms in total. The Balaban J connectivity index is 2.79. The molecule has 0 bridgehead atoms. The van der Waals surface area contributed by atoms with Gasteiger partial charge in [-0.25, -0.2) is 14.4 Å². The number of aromatic nitrogens is 2. The zero-order chi connectivity index (χ0) is 11.0. The molecule has 0 radical (unpaired) electrons. The molecule has 2 aromatic rings. The molecule has 1 heterocycles. The van der Waals surface area contributed by atoms with Crippen LogP contribution in [-0.4, -0.2) is 15.8 Å². The van der Waals surface area contributed by atoms with Crippen LogP contribution in [0.4, 0.5) is 4.39 Å². The van der Waals surface area contributed by atoms with Crippen molar-refractivity contribution in [1.29, 1.82) is 0 Å². The third-order valence-corrected chi connectivity index (χ3v) is 2.22. The second-order valence-electron chi connectivity index (χ2n) is 3.06. The van der Waals surface area contributed by atoms with Crippen LogP contribution < -0.4 is 0 Å². The maximum Gasteiger partial charge on any atom is 0.197 e. The van der Waals surface area contributed by atoms with E-state index >= 15 is 0 Å².